The van der Waals surface area contributed by atoms with E-state index >= 15 is 0 Å². The van der Waals surface area contributed by atoms with E-state index in [2.05, 4.69) is 43.9 Å². The molecule has 110 valence electrons. The molecule has 2 heterocycles. The first-order valence-electron chi connectivity index (χ1n) is 8.08. The lowest BCUT2D eigenvalue weighted by Crippen LogP contribution is -2.36. The van der Waals surface area contributed by atoms with Gasteiger partial charge in [0.25, 0.3) is 0 Å². The van der Waals surface area contributed by atoms with Gasteiger partial charge in [-0.25, -0.2) is 0 Å². The molecule has 1 aliphatic carbocycles. The van der Waals surface area contributed by atoms with E-state index in [-0.39, 0.29) is 0 Å². The van der Waals surface area contributed by atoms with Gasteiger partial charge in [0.2, 0.25) is 0 Å². The lowest BCUT2D eigenvalue weighted by atomic mass is 9.96. The number of likely N-dealkylation sites (tertiary alicyclic amines) is 1. The summed E-state index contributed by atoms with van der Waals surface area (Å²) < 4.78 is 2.16. The number of benzene rings is 1. The molecule has 2 aromatic rings. The second-order valence-corrected chi connectivity index (χ2v) is 6.44. The quantitative estimate of drug-likeness (QED) is 0.864. The van der Waals surface area contributed by atoms with Crippen LogP contribution in [0.2, 0.25) is 0 Å². The van der Waals surface area contributed by atoms with Gasteiger partial charge < -0.3 is 4.90 Å². The van der Waals surface area contributed by atoms with E-state index < -0.39 is 0 Å². The van der Waals surface area contributed by atoms with Gasteiger partial charge in [0, 0.05) is 24.7 Å². The summed E-state index contributed by atoms with van der Waals surface area (Å²) >= 11 is 0. The number of piperidine rings is 1. The van der Waals surface area contributed by atoms with Crippen LogP contribution in [0.1, 0.15) is 37.4 Å². The monoisotopic (exact) mass is 282 g/mol. The third-order valence-electron chi connectivity index (χ3n) is 4.69. The van der Waals surface area contributed by atoms with Gasteiger partial charge in [0.15, 0.2) is 0 Å². The molecule has 0 radical (unpaired) electrons. The fourth-order valence-electron chi connectivity index (χ4n) is 3.41. The molecule has 1 aliphatic heterocycles. The Bertz CT molecular complexity index is 588. The van der Waals surface area contributed by atoms with Crippen LogP contribution in [0.25, 0.3) is 5.69 Å². The van der Waals surface area contributed by atoms with E-state index in [0.29, 0.717) is 5.92 Å². The molecule has 1 aromatic heterocycles. The molecule has 0 amide bonds. The first-order valence-corrected chi connectivity index (χ1v) is 8.08. The van der Waals surface area contributed by atoms with Crippen molar-refractivity contribution < 1.29 is 0 Å². The lowest BCUT2D eigenvalue weighted by molar-refractivity contribution is 0.196. The molecular weight excluding hydrogens is 260 g/mol. The van der Waals surface area contributed by atoms with E-state index in [1.54, 1.807) is 0 Å². The van der Waals surface area contributed by atoms with Crippen molar-refractivity contribution in [1.82, 2.24) is 19.7 Å². The first-order chi connectivity index (χ1) is 10.4. The fourth-order valence-corrected chi connectivity index (χ4v) is 3.41. The Morgan fingerprint density at radius 2 is 1.95 bits per heavy atom. The van der Waals surface area contributed by atoms with Crippen LogP contribution in [0.5, 0.6) is 0 Å². The van der Waals surface area contributed by atoms with Gasteiger partial charge in [0.1, 0.15) is 12.2 Å². The second-order valence-electron chi connectivity index (χ2n) is 6.44. The minimum atomic E-state index is 0.514. The van der Waals surface area contributed by atoms with Crippen molar-refractivity contribution >= 4 is 0 Å². The third-order valence-corrected chi connectivity index (χ3v) is 4.69. The normalized spacial score (nSPS) is 23.3. The van der Waals surface area contributed by atoms with Crippen LogP contribution in [0.15, 0.2) is 36.7 Å². The Kier molecular flexibility index (Phi) is 3.47. The molecule has 4 heteroatoms. The summed E-state index contributed by atoms with van der Waals surface area (Å²) in [4.78, 5) is 2.63. The zero-order valence-electron chi connectivity index (χ0n) is 12.4. The zero-order valence-corrected chi connectivity index (χ0v) is 12.4. The van der Waals surface area contributed by atoms with Gasteiger partial charge in [-0.2, -0.15) is 0 Å². The van der Waals surface area contributed by atoms with E-state index in [0.717, 1.165) is 24.0 Å². The van der Waals surface area contributed by atoms with Crippen molar-refractivity contribution in [3.05, 3.63) is 42.5 Å². The van der Waals surface area contributed by atoms with Crippen LogP contribution in [-0.2, 0) is 0 Å². The highest BCUT2D eigenvalue weighted by Gasteiger charge is 2.30. The van der Waals surface area contributed by atoms with Gasteiger partial charge in [-0.3, -0.25) is 4.57 Å². The number of hydrogen-bond acceptors (Lipinski definition) is 3. The van der Waals surface area contributed by atoms with Crippen LogP contribution in [0.3, 0.4) is 0 Å². The van der Waals surface area contributed by atoms with Gasteiger partial charge >= 0.3 is 0 Å². The van der Waals surface area contributed by atoms with Crippen molar-refractivity contribution in [2.75, 3.05) is 19.6 Å². The highest BCUT2D eigenvalue weighted by Crippen LogP contribution is 2.33. The summed E-state index contributed by atoms with van der Waals surface area (Å²) in [6.45, 7) is 3.68. The van der Waals surface area contributed by atoms with E-state index in [4.69, 9.17) is 0 Å². The Morgan fingerprint density at radius 3 is 2.76 bits per heavy atom. The van der Waals surface area contributed by atoms with Gasteiger partial charge in [-0.1, -0.05) is 18.2 Å². The van der Waals surface area contributed by atoms with Crippen LogP contribution in [0.4, 0.5) is 0 Å². The molecule has 1 unspecified atom stereocenters. The molecule has 0 N–H and O–H groups in total. The zero-order chi connectivity index (χ0) is 14.1. The molecule has 1 saturated heterocycles. The molecule has 4 rings (SSSR count). The maximum absolute atomic E-state index is 4.43. The number of para-hydroxylation sites is 1. The standard InChI is InChI=1S/C17H22N4/c1-2-6-16(7-3-1)21-13-18-19-17(21)15-5-4-10-20(12-15)11-14-8-9-14/h1-3,6-7,13-15H,4-5,8-12H2. The molecule has 4 nitrogen and oxygen atoms in total. The minimum absolute atomic E-state index is 0.514. The lowest BCUT2D eigenvalue weighted by Gasteiger charge is -2.32. The summed E-state index contributed by atoms with van der Waals surface area (Å²) in [5, 5.41) is 8.60. The predicted molar refractivity (Wildman–Crippen MR) is 82.5 cm³/mol. The van der Waals surface area contributed by atoms with Gasteiger partial charge in [0.05, 0.1) is 0 Å². The van der Waals surface area contributed by atoms with Gasteiger partial charge in [-0.05, 0) is 50.3 Å². The Balaban J connectivity index is 1.54. The molecule has 2 aliphatic rings. The second kappa shape index (κ2) is 5.60. The molecule has 2 fully saturated rings. The van der Waals surface area contributed by atoms with Crippen LogP contribution < -0.4 is 0 Å². The maximum Gasteiger partial charge on any atom is 0.141 e. The summed E-state index contributed by atoms with van der Waals surface area (Å²) in [6.07, 6.45) is 7.22. The van der Waals surface area contributed by atoms with Crippen molar-refractivity contribution in [2.24, 2.45) is 5.92 Å². The average molecular weight is 282 g/mol. The van der Waals surface area contributed by atoms with E-state index in [1.165, 1.54) is 38.8 Å². The van der Waals surface area contributed by atoms with Crippen molar-refractivity contribution in [1.29, 1.82) is 0 Å². The van der Waals surface area contributed by atoms with Crippen molar-refractivity contribution in [3.8, 4) is 5.69 Å². The molecule has 0 bridgehead atoms. The molecule has 21 heavy (non-hydrogen) atoms. The van der Waals surface area contributed by atoms with Crippen molar-refractivity contribution in [2.45, 2.75) is 31.6 Å². The molecule has 1 aromatic carbocycles. The van der Waals surface area contributed by atoms with Crippen LogP contribution in [-0.4, -0.2) is 39.3 Å². The Hall–Kier alpha value is -1.68. The van der Waals surface area contributed by atoms with Gasteiger partial charge in [-0.15, -0.1) is 10.2 Å². The topological polar surface area (TPSA) is 34.0 Å². The summed E-state index contributed by atoms with van der Waals surface area (Å²) in [5.74, 6) is 2.61. The predicted octanol–water partition coefficient (Wildman–Crippen LogP) is 2.86. The molecular formula is C17H22N4. The van der Waals surface area contributed by atoms with Crippen molar-refractivity contribution in [3.63, 3.8) is 0 Å². The van der Waals surface area contributed by atoms with E-state index in [1.807, 2.05) is 12.4 Å². The highest BCUT2D eigenvalue weighted by atomic mass is 15.3. The van der Waals surface area contributed by atoms with Crippen LogP contribution in [0, 0.1) is 5.92 Å². The number of nitrogens with zero attached hydrogens (tertiary/aromatic N) is 4. The summed E-state index contributed by atoms with van der Waals surface area (Å²) in [5.41, 5.74) is 1.16. The smallest absolute Gasteiger partial charge is 0.141 e. The third kappa shape index (κ3) is 2.86. The summed E-state index contributed by atoms with van der Waals surface area (Å²) in [7, 11) is 0. The number of aromatic nitrogens is 3. The molecule has 0 spiro atoms. The number of hydrogen-bond donors (Lipinski definition) is 0. The molecule has 1 saturated carbocycles. The average Bonchev–Trinajstić information content (AvgIpc) is 3.20. The number of rotatable bonds is 4. The largest absolute Gasteiger partial charge is 0.302 e. The Labute approximate surface area is 125 Å². The first kappa shape index (κ1) is 13.0. The highest BCUT2D eigenvalue weighted by molar-refractivity contribution is 5.32. The Morgan fingerprint density at radius 1 is 1.10 bits per heavy atom. The fraction of sp³-hybridized carbons (Fsp3) is 0.529. The minimum Gasteiger partial charge on any atom is -0.302 e. The maximum atomic E-state index is 4.43. The summed E-state index contributed by atoms with van der Waals surface area (Å²) in [6, 6.07) is 10.4. The van der Waals surface area contributed by atoms with Crippen LogP contribution >= 0.6 is 0 Å². The SMILES string of the molecule is c1ccc(-n2cnnc2C2CCCN(CC3CC3)C2)cc1. The van der Waals surface area contributed by atoms with E-state index in [9.17, 15) is 0 Å². The molecule has 1 atom stereocenters.